The molecule has 11 heteroatoms. The molecule has 1 aromatic carbocycles. The lowest BCUT2D eigenvalue weighted by molar-refractivity contribution is 0.0519. The molecule has 9 nitrogen and oxygen atoms in total. The molecule has 0 aliphatic carbocycles. The summed E-state index contributed by atoms with van der Waals surface area (Å²) < 4.78 is 40.5. The van der Waals surface area contributed by atoms with E-state index in [0.717, 1.165) is 17.7 Å². The molecule has 4 aromatic rings. The molecular weight excluding hydrogens is 496 g/mol. The fourth-order valence-corrected chi connectivity index (χ4v) is 4.00. The SMILES string of the molecule is CCOC(=O)c1cccc(C(CN)NC(=O)c2c(C)nc3c(OCc4c(F)cccc4F)cc(C)cn23)n1. The molecule has 1 unspecified atom stereocenters. The van der Waals surface area contributed by atoms with Crippen molar-refractivity contribution in [3.63, 3.8) is 0 Å². The number of imidazole rings is 1. The van der Waals surface area contributed by atoms with Crippen LogP contribution in [0.2, 0.25) is 0 Å². The van der Waals surface area contributed by atoms with Gasteiger partial charge in [0.2, 0.25) is 0 Å². The number of carbonyl (C=O) groups excluding carboxylic acids is 2. The molecule has 0 fully saturated rings. The van der Waals surface area contributed by atoms with Crippen LogP contribution < -0.4 is 15.8 Å². The summed E-state index contributed by atoms with van der Waals surface area (Å²) in [6, 6.07) is 9.36. The Morgan fingerprint density at radius 3 is 2.50 bits per heavy atom. The Balaban J connectivity index is 1.62. The minimum atomic E-state index is -0.721. The molecule has 3 heterocycles. The summed E-state index contributed by atoms with van der Waals surface area (Å²) in [5.41, 5.74) is 7.89. The number of pyridine rings is 2. The maximum atomic E-state index is 14.1. The number of halogens is 2. The second-order valence-corrected chi connectivity index (χ2v) is 8.54. The van der Waals surface area contributed by atoms with E-state index in [2.05, 4.69) is 15.3 Å². The van der Waals surface area contributed by atoms with E-state index in [1.807, 2.05) is 0 Å². The molecular formula is C27H27F2N5O4. The first-order chi connectivity index (χ1) is 18.2. The van der Waals surface area contributed by atoms with Gasteiger partial charge in [0.15, 0.2) is 11.4 Å². The highest BCUT2D eigenvalue weighted by Gasteiger charge is 2.24. The van der Waals surface area contributed by atoms with Crippen LogP contribution in [0, 0.1) is 25.5 Å². The normalized spacial score (nSPS) is 11.8. The van der Waals surface area contributed by atoms with Crippen LogP contribution >= 0.6 is 0 Å². The summed E-state index contributed by atoms with van der Waals surface area (Å²) in [6.45, 7) is 5.01. The summed E-state index contributed by atoms with van der Waals surface area (Å²) >= 11 is 0. The van der Waals surface area contributed by atoms with Crippen LogP contribution in [-0.2, 0) is 11.3 Å². The fraction of sp³-hybridized carbons (Fsp3) is 0.259. The Morgan fingerprint density at radius 1 is 1.11 bits per heavy atom. The van der Waals surface area contributed by atoms with Crippen LogP contribution in [0.4, 0.5) is 8.78 Å². The molecule has 3 aromatic heterocycles. The van der Waals surface area contributed by atoms with Gasteiger partial charge in [-0.2, -0.15) is 0 Å². The van der Waals surface area contributed by atoms with E-state index in [9.17, 15) is 18.4 Å². The Morgan fingerprint density at radius 2 is 1.82 bits per heavy atom. The molecule has 4 rings (SSSR count). The number of hydrogen-bond acceptors (Lipinski definition) is 7. The molecule has 0 aliphatic rings. The third kappa shape index (κ3) is 5.47. The summed E-state index contributed by atoms with van der Waals surface area (Å²) in [4.78, 5) is 34.3. The van der Waals surface area contributed by atoms with Crippen LogP contribution in [-0.4, -0.2) is 39.4 Å². The van der Waals surface area contributed by atoms with Crippen molar-refractivity contribution in [1.82, 2.24) is 19.7 Å². The van der Waals surface area contributed by atoms with Gasteiger partial charge in [-0.15, -0.1) is 0 Å². The Labute approximate surface area is 217 Å². The van der Waals surface area contributed by atoms with E-state index in [4.69, 9.17) is 15.2 Å². The molecule has 0 saturated carbocycles. The first-order valence-corrected chi connectivity index (χ1v) is 11.9. The van der Waals surface area contributed by atoms with Crippen molar-refractivity contribution in [1.29, 1.82) is 0 Å². The molecule has 0 radical (unpaired) electrons. The predicted molar refractivity (Wildman–Crippen MR) is 135 cm³/mol. The highest BCUT2D eigenvalue weighted by molar-refractivity contribution is 5.95. The van der Waals surface area contributed by atoms with Crippen LogP contribution in [0.15, 0.2) is 48.7 Å². The van der Waals surface area contributed by atoms with Gasteiger partial charge in [0.25, 0.3) is 5.91 Å². The minimum absolute atomic E-state index is 0.0163. The van der Waals surface area contributed by atoms with Crippen molar-refractivity contribution in [3.8, 4) is 5.75 Å². The molecule has 1 amide bonds. The zero-order valence-electron chi connectivity index (χ0n) is 21.1. The zero-order chi connectivity index (χ0) is 27.4. The van der Waals surface area contributed by atoms with Gasteiger partial charge >= 0.3 is 5.97 Å². The van der Waals surface area contributed by atoms with Gasteiger partial charge in [0.05, 0.1) is 29.6 Å². The zero-order valence-corrected chi connectivity index (χ0v) is 21.1. The van der Waals surface area contributed by atoms with Gasteiger partial charge in [-0.05, 0) is 56.7 Å². The number of hydrogen-bond donors (Lipinski definition) is 2. The summed E-state index contributed by atoms with van der Waals surface area (Å²) in [7, 11) is 0. The number of carbonyl (C=O) groups is 2. The third-order valence-electron chi connectivity index (χ3n) is 5.80. The first-order valence-electron chi connectivity index (χ1n) is 11.9. The average Bonchev–Trinajstić information content (AvgIpc) is 3.22. The molecule has 0 saturated heterocycles. The number of fused-ring (bicyclic) bond motifs is 1. The number of aryl methyl sites for hydroxylation is 2. The van der Waals surface area contributed by atoms with Crippen molar-refractivity contribution >= 4 is 17.5 Å². The van der Waals surface area contributed by atoms with E-state index in [1.54, 1.807) is 49.6 Å². The number of ether oxygens (including phenoxy) is 2. The predicted octanol–water partition coefficient (Wildman–Crippen LogP) is 3.81. The minimum Gasteiger partial charge on any atom is -0.485 e. The summed E-state index contributed by atoms with van der Waals surface area (Å²) in [5, 5.41) is 2.85. The first kappa shape index (κ1) is 26.7. The Kier molecular flexibility index (Phi) is 7.96. The Bertz CT molecular complexity index is 1480. The number of benzene rings is 1. The van der Waals surface area contributed by atoms with Crippen molar-refractivity contribution in [2.45, 2.75) is 33.4 Å². The van der Waals surface area contributed by atoms with E-state index < -0.39 is 29.6 Å². The van der Waals surface area contributed by atoms with Gasteiger partial charge in [0.1, 0.15) is 29.6 Å². The van der Waals surface area contributed by atoms with E-state index in [1.165, 1.54) is 12.1 Å². The Hall–Kier alpha value is -4.38. The largest absolute Gasteiger partial charge is 0.485 e. The number of nitrogens with one attached hydrogen (secondary N) is 1. The van der Waals surface area contributed by atoms with Crippen molar-refractivity contribution < 1.29 is 27.8 Å². The van der Waals surface area contributed by atoms with Crippen LogP contribution in [0.25, 0.3) is 5.65 Å². The van der Waals surface area contributed by atoms with Gasteiger partial charge in [-0.25, -0.2) is 23.5 Å². The highest BCUT2D eigenvalue weighted by atomic mass is 19.1. The van der Waals surface area contributed by atoms with Crippen molar-refractivity contribution in [2.24, 2.45) is 5.73 Å². The number of nitrogens with two attached hydrogens (primary N) is 1. The van der Waals surface area contributed by atoms with Crippen LogP contribution in [0.1, 0.15) is 56.5 Å². The van der Waals surface area contributed by atoms with E-state index >= 15 is 0 Å². The van der Waals surface area contributed by atoms with Crippen LogP contribution in [0.3, 0.4) is 0 Å². The lowest BCUT2D eigenvalue weighted by atomic mass is 10.1. The number of esters is 1. The number of aromatic nitrogens is 3. The summed E-state index contributed by atoms with van der Waals surface area (Å²) in [6.07, 6.45) is 1.71. The van der Waals surface area contributed by atoms with Gasteiger partial charge in [-0.1, -0.05) is 12.1 Å². The smallest absolute Gasteiger partial charge is 0.356 e. The quantitative estimate of drug-likeness (QED) is 0.320. The van der Waals surface area contributed by atoms with Crippen molar-refractivity contribution in [2.75, 3.05) is 13.2 Å². The number of nitrogens with zero attached hydrogens (tertiary/aromatic N) is 3. The monoisotopic (exact) mass is 523 g/mol. The lowest BCUT2D eigenvalue weighted by Crippen LogP contribution is -2.35. The maximum Gasteiger partial charge on any atom is 0.356 e. The van der Waals surface area contributed by atoms with Gasteiger partial charge < -0.3 is 20.5 Å². The number of amides is 1. The van der Waals surface area contributed by atoms with E-state index in [-0.39, 0.29) is 42.5 Å². The lowest BCUT2D eigenvalue weighted by Gasteiger charge is -2.17. The summed E-state index contributed by atoms with van der Waals surface area (Å²) in [5.74, 6) is -2.24. The molecule has 3 N–H and O–H groups in total. The second kappa shape index (κ2) is 11.3. The maximum absolute atomic E-state index is 14.1. The molecule has 198 valence electrons. The molecule has 0 aliphatic heterocycles. The number of rotatable bonds is 9. The standard InChI is InChI=1S/C27H27F2N5O4/c1-4-37-27(36)21-10-6-9-20(32-21)22(12-30)33-26(35)24-16(3)31-25-23(11-15(2)13-34(24)25)38-14-17-18(28)7-5-8-19(17)29/h5-11,13,22H,4,12,14,30H2,1-3H3,(H,33,35). The third-order valence-corrected chi connectivity index (χ3v) is 5.80. The van der Waals surface area contributed by atoms with Gasteiger partial charge in [-0.3, -0.25) is 9.20 Å². The molecule has 0 spiro atoms. The highest BCUT2D eigenvalue weighted by Crippen LogP contribution is 2.26. The van der Waals surface area contributed by atoms with E-state index in [0.29, 0.717) is 17.0 Å². The van der Waals surface area contributed by atoms with Gasteiger partial charge in [0, 0.05) is 12.7 Å². The topological polar surface area (TPSA) is 121 Å². The van der Waals surface area contributed by atoms with Crippen LogP contribution in [0.5, 0.6) is 5.75 Å². The van der Waals surface area contributed by atoms with Crippen molar-refractivity contribution in [3.05, 3.63) is 94.2 Å². The second-order valence-electron chi connectivity index (χ2n) is 8.54. The molecule has 1 atom stereocenters. The average molecular weight is 524 g/mol. The molecule has 38 heavy (non-hydrogen) atoms. The molecule has 0 bridgehead atoms. The fourth-order valence-electron chi connectivity index (χ4n) is 4.00.